The maximum absolute atomic E-state index is 12.3. The summed E-state index contributed by atoms with van der Waals surface area (Å²) in [7, 11) is 1.58. The van der Waals surface area contributed by atoms with E-state index in [2.05, 4.69) is 5.32 Å². The zero-order valence-electron chi connectivity index (χ0n) is 15.1. The minimum atomic E-state index is -0.491. The maximum atomic E-state index is 12.3. The van der Waals surface area contributed by atoms with Crippen LogP contribution in [0.15, 0.2) is 24.3 Å². The SMILES string of the molecule is COc1ccc(CC(=O)Nc2sc(C(=O)OC(C)C)c(C)c2C#N)cc1. The van der Waals surface area contributed by atoms with Crippen LogP contribution in [0.5, 0.6) is 5.75 Å². The Balaban J connectivity index is 2.16. The monoisotopic (exact) mass is 372 g/mol. The first-order chi connectivity index (χ1) is 12.3. The Bertz CT molecular complexity index is 848. The highest BCUT2D eigenvalue weighted by molar-refractivity contribution is 7.18. The molecule has 1 aromatic heterocycles. The summed E-state index contributed by atoms with van der Waals surface area (Å²) >= 11 is 1.06. The predicted octanol–water partition coefficient (Wildman–Crippen LogP) is 3.68. The fourth-order valence-electron chi connectivity index (χ4n) is 2.30. The van der Waals surface area contributed by atoms with Crippen LogP contribution in [0.3, 0.4) is 0 Å². The second-order valence-electron chi connectivity index (χ2n) is 5.90. The number of carbonyl (C=O) groups is 2. The lowest BCUT2D eigenvalue weighted by atomic mass is 10.1. The van der Waals surface area contributed by atoms with Gasteiger partial charge in [-0.15, -0.1) is 11.3 Å². The molecule has 1 amide bonds. The molecule has 0 saturated heterocycles. The highest BCUT2D eigenvalue weighted by atomic mass is 32.1. The predicted molar refractivity (Wildman–Crippen MR) is 99.7 cm³/mol. The Kier molecular flexibility index (Phi) is 6.36. The van der Waals surface area contributed by atoms with Crippen molar-refractivity contribution in [2.45, 2.75) is 33.3 Å². The summed E-state index contributed by atoms with van der Waals surface area (Å²) in [6, 6.07) is 9.20. The number of hydrogen-bond donors (Lipinski definition) is 1. The van der Waals surface area contributed by atoms with E-state index in [-0.39, 0.29) is 24.0 Å². The fourth-order valence-corrected chi connectivity index (χ4v) is 3.35. The van der Waals surface area contributed by atoms with Gasteiger partial charge in [0.25, 0.3) is 0 Å². The number of esters is 1. The van der Waals surface area contributed by atoms with E-state index in [9.17, 15) is 14.9 Å². The van der Waals surface area contributed by atoms with Crippen molar-refractivity contribution >= 4 is 28.2 Å². The van der Waals surface area contributed by atoms with Crippen molar-refractivity contribution in [2.75, 3.05) is 12.4 Å². The lowest BCUT2D eigenvalue weighted by molar-refractivity contribution is -0.115. The molecular weight excluding hydrogens is 352 g/mol. The van der Waals surface area contributed by atoms with E-state index in [4.69, 9.17) is 9.47 Å². The van der Waals surface area contributed by atoms with E-state index in [1.807, 2.05) is 6.07 Å². The van der Waals surface area contributed by atoms with Crippen LogP contribution in [-0.2, 0) is 16.0 Å². The lowest BCUT2D eigenvalue weighted by Gasteiger charge is -2.06. The van der Waals surface area contributed by atoms with Gasteiger partial charge in [0.15, 0.2) is 0 Å². The second-order valence-corrected chi connectivity index (χ2v) is 6.92. The highest BCUT2D eigenvalue weighted by Gasteiger charge is 2.23. The van der Waals surface area contributed by atoms with Gasteiger partial charge in [-0.1, -0.05) is 12.1 Å². The molecule has 0 aliphatic rings. The third kappa shape index (κ3) is 4.61. The highest BCUT2D eigenvalue weighted by Crippen LogP contribution is 2.33. The molecule has 2 rings (SSSR count). The molecule has 0 unspecified atom stereocenters. The zero-order chi connectivity index (χ0) is 19.3. The minimum Gasteiger partial charge on any atom is -0.497 e. The first-order valence-corrected chi connectivity index (χ1v) is 8.84. The van der Waals surface area contributed by atoms with Crippen LogP contribution >= 0.6 is 11.3 Å². The number of amides is 1. The quantitative estimate of drug-likeness (QED) is 0.782. The van der Waals surface area contributed by atoms with E-state index >= 15 is 0 Å². The largest absolute Gasteiger partial charge is 0.497 e. The number of rotatable bonds is 6. The smallest absolute Gasteiger partial charge is 0.348 e. The van der Waals surface area contributed by atoms with Gasteiger partial charge in [0.1, 0.15) is 21.7 Å². The van der Waals surface area contributed by atoms with Crippen molar-refractivity contribution < 1.29 is 19.1 Å². The van der Waals surface area contributed by atoms with E-state index < -0.39 is 5.97 Å². The number of benzene rings is 1. The van der Waals surface area contributed by atoms with Crippen LogP contribution in [0.1, 0.15) is 40.2 Å². The number of nitrogens with zero attached hydrogens (tertiary/aromatic N) is 1. The molecule has 7 heteroatoms. The molecule has 0 radical (unpaired) electrons. The van der Waals surface area contributed by atoms with Gasteiger partial charge in [-0.05, 0) is 44.0 Å². The van der Waals surface area contributed by atoms with Crippen molar-refractivity contribution in [2.24, 2.45) is 0 Å². The Morgan fingerprint density at radius 3 is 2.46 bits per heavy atom. The van der Waals surface area contributed by atoms with Crippen molar-refractivity contribution in [1.82, 2.24) is 0 Å². The third-order valence-corrected chi connectivity index (χ3v) is 4.75. The van der Waals surface area contributed by atoms with Crippen molar-refractivity contribution in [3.8, 4) is 11.8 Å². The topological polar surface area (TPSA) is 88.4 Å². The Morgan fingerprint density at radius 1 is 1.27 bits per heavy atom. The van der Waals surface area contributed by atoms with Crippen LogP contribution < -0.4 is 10.1 Å². The Hall–Kier alpha value is -2.85. The zero-order valence-corrected chi connectivity index (χ0v) is 15.9. The van der Waals surface area contributed by atoms with Crippen LogP contribution in [0.4, 0.5) is 5.00 Å². The molecule has 26 heavy (non-hydrogen) atoms. The van der Waals surface area contributed by atoms with Gasteiger partial charge >= 0.3 is 5.97 Å². The first-order valence-electron chi connectivity index (χ1n) is 8.03. The van der Waals surface area contributed by atoms with Gasteiger partial charge in [0, 0.05) is 0 Å². The van der Waals surface area contributed by atoms with Crippen molar-refractivity contribution in [3.63, 3.8) is 0 Å². The van der Waals surface area contributed by atoms with E-state index in [1.165, 1.54) is 0 Å². The molecular formula is C19H20N2O4S. The number of ether oxygens (including phenoxy) is 2. The summed E-state index contributed by atoms with van der Waals surface area (Å²) in [5.74, 6) is -0.0468. The number of nitrogens with one attached hydrogen (secondary N) is 1. The molecule has 0 atom stereocenters. The molecule has 0 saturated carbocycles. The minimum absolute atomic E-state index is 0.150. The lowest BCUT2D eigenvalue weighted by Crippen LogP contribution is -2.14. The van der Waals surface area contributed by atoms with Gasteiger partial charge in [0.05, 0.1) is 25.2 Å². The molecule has 1 heterocycles. The summed E-state index contributed by atoms with van der Waals surface area (Å²) in [5.41, 5.74) is 1.62. The number of hydrogen-bond acceptors (Lipinski definition) is 6. The van der Waals surface area contributed by atoms with E-state index in [0.717, 1.165) is 16.9 Å². The summed E-state index contributed by atoms with van der Waals surface area (Å²) in [6.07, 6.45) is -0.111. The maximum Gasteiger partial charge on any atom is 0.348 e. The summed E-state index contributed by atoms with van der Waals surface area (Å²) in [4.78, 5) is 24.8. The van der Waals surface area contributed by atoms with E-state index in [0.29, 0.717) is 21.2 Å². The standard InChI is InChI=1S/C19H20N2O4S/c1-11(2)25-19(23)17-12(3)15(10-20)18(26-17)21-16(22)9-13-5-7-14(24-4)8-6-13/h5-8,11H,9H2,1-4H3,(H,21,22). The van der Waals surface area contributed by atoms with Gasteiger partial charge in [-0.25, -0.2) is 4.79 Å². The summed E-state index contributed by atoms with van der Waals surface area (Å²) < 4.78 is 10.3. The molecule has 0 spiro atoms. The van der Waals surface area contributed by atoms with E-state index in [1.54, 1.807) is 52.1 Å². The summed E-state index contributed by atoms with van der Waals surface area (Å²) in [5, 5.41) is 12.5. The van der Waals surface area contributed by atoms with Crippen LogP contribution in [-0.4, -0.2) is 25.1 Å². The Morgan fingerprint density at radius 2 is 1.92 bits per heavy atom. The van der Waals surface area contributed by atoms with Gasteiger partial charge in [-0.2, -0.15) is 5.26 Å². The summed E-state index contributed by atoms with van der Waals surface area (Å²) in [6.45, 7) is 5.18. The number of nitriles is 1. The van der Waals surface area contributed by atoms with Crippen LogP contribution in [0, 0.1) is 18.3 Å². The van der Waals surface area contributed by atoms with Gasteiger partial charge < -0.3 is 14.8 Å². The second kappa shape index (κ2) is 8.50. The molecule has 2 aromatic rings. The molecule has 0 aliphatic heterocycles. The Labute approximate surface area is 156 Å². The van der Waals surface area contributed by atoms with Gasteiger partial charge in [0.2, 0.25) is 5.91 Å². The third-order valence-electron chi connectivity index (χ3n) is 3.56. The normalized spacial score (nSPS) is 10.3. The molecule has 6 nitrogen and oxygen atoms in total. The fraction of sp³-hybridized carbons (Fsp3) is 0.316. The number of carbonyl (C=O) groups excluding carboxylic acids is 2. The molecule has 0 fully saturated rings. The van der Waals surface area contributed by atoms with Crippen LogP contribution in [0.25, 0.3) is 0 Å². The van der Waals surface area contributed by atoms with Crippen molar-refractivity contribution in [1.29, 1.82) is 5.26 Å². The average molecular weight is 372 g/mol. The number of methoxy groups -OCH3 is 1. The average Bonchev–Trinajstić information content (AvgIpc) is 2.90. The van der Waals surface area contributed by atoms with Crippen molar-refractivity contribution in [3.05, 3.63) is 45.8 Å². The van der Waals surface area contributed by atoms with Gasteiger partial charge in [-0.3, -0.25) is 4.79 Å². The molecule has 1 N–H and O–H groups in total. The number of anilines is 1. The molecule has 1 aromatic carbocycles. The first kappa shape index (κ1) is 19.5. The van der Waals surface area contributed by atoms with Crippen LogP contribution in [0.2, 0.25) is 0 Å². The number of thiophene rings is 1. The molecule has 0 bridgehead atoms. The molecule has 136 valence electrons. The molecule has 0 aliphatic carbocycles.